The lowest BCUT2D eigenvalue weighted by Gasteiger charge is -2.16. The molecule has 0 aliphatic rings. The molecule has 0 aliphatic carbocycles. The van der Waals surface area contributed by atoms with Crippen molar-refractivity contribution in [3.05, 3.63) is 34.3 Å². The first-order chi connectivity index (χ1) is 6.65. The Bertz CT molecular complexity index is 325. The van der Waals surface area contributed by atoms with Gasteiger partial charge in [-0.25, -0.2) is 0 Å². The van der Waals surface area contributed by atoms with Gasteiger partial charge in [0, 0.05) is 16.9 Å². The van der Waals surface area contributed by atoms with Crippen LogP contribution in [0.25, 0.3) is 0 Å². The molecular weight excluding hydrogens is 242 g/mol. The van der Waals surface area contributed by atoms with Gasteiger partial charge in [-0.15, -0.1) is 0 Å². The molecule has 1 unspecified atom stereocenters. The summed E-state index contributed by atoms with van der Waals surface area (Å²) in [5, 5.41) is 3.14. The van der Waals surface area contributed by atoms with Crippen molar-refractivity contribution in [3.63, 3.8) is 0 Å². The topological polar surface area (TPSA) is 29.1 Å². The minimum Gasteiger partial charge on any atom is -0.313 e. The Morgan fingerprint density at radius 3 is 2.64 bits per heavy atom. The summed E-state index contributed by atoms with van der Waals surface area (Å²) in [5.74, 6) is 0.195. The number of ketones is 1. The highest BCUT2D eigenvalue weighted by Crippen LogP contribution is 2.25. The lowest BCUT2D eigenvalue weighted by Crippen LogP contribution is -2.19. The van der Waals surface area contributed by atoms with Gasteiger partial charge >= 0.3 is 0 Å². The van der Waals surface area contributed by atoms with E-state index in [1.165, 1.54) is 0 Å². The van der Waals surface area contributed by atoms with E-state index in [9.17, 15) is 4.79 Å². The van der Waals surface area contributed by atoms with E-state index in [1.54, 1.807) is 6.92 Å². The van der Waals surface area contributed by atoms with Gasteiger partial charge in [0.15, 0.2) is 0 Å². The highest BCUT2D eigenvalue weighted by molar-refractivity contribution is 9.10. The van der Waals surface area contributed by atoms with Gasteiger partial charge in [0.1, 0.15) is 5.78 Å². The van der Waals surface area contributed by atoms with Crippen LogP contribution in [0.1, 0.15) is 24.9 Å². The monoisotopic (exact) mass is 255 g/mol. The zero-order valence-corrected chi connectivity index (χ0v) is 9.97. The summed E-state index contributed by atoms with van der Waals surface area (Å²) in [6, 6.07) is 8.05. The van der Waals surface area contributed by atoms with Crippen molar-refractivity contribution < 1.29 is 4.79 Å². The van der Waals surface area contributed by atoms with Crippen LogP contribution in [-0.2, 0) is 4.79 Å². The Morgan fingerprint density at radius 2 is 2.14 bits per heavy atom. The molecule has 1 rings (SSSR count). The van der Waals surface area contributed by atoms with E-state index in [0.717, 1.165) is 10.0 Å². The van der Waals surface area contributed by atoms with E-state index in [1.807, 2.05) is 31.3 Å². The van der Waals surface area contributed by atoms with Crippen LogP contribution in [0.5, 0.6) is 0 Å². The second kappa shape index (κ2) is 5.27. The van der Waals surface area contributed by atoms with E-state index < -0.39 is 0 Å². The fourth-order valence-corrected chi connectivity index (χ4v) is 1.97. The van der Waals surface area contributed by atoms with Crippen LogP contribution in [0.4, 0.5) is 0 Å². The Hall–Kier alpha value is -0.670. The summed E-state index contributed by atoms with van der Waals surface area (Å²) in [5.41, 5.74) is 1.13. The van der Waals surface area contributed by atoms with E-state index in [0.29, 0.717) is 6.42 Å². The molecular formula is C11H14BrNO. The van der Waals surface area contributed by atoms with Gasteiger partial charge in [0.25, 0.3) is 0 Å². The van der Waals surface area contributed by atoms with Crippen molar-refractivity contribution in [3.8, 4) is 0 Å². The third kappa shape index (κ3) is 2.93. The Balaban J connectivity index is 2.89. The molecule has 0 amide bonds. The van der Waals surface area contributed by atoms with Crippen LogP contribution in [0.15, 0.2) is 28.7 Å². The molecule has 1 atom stereocenters. The lowest BCUT2D eigenvalue weighted by atomic mass is 10.0. The number of halogens is 1. The molecule has 1 aromatic carbocycles. The summed E-state index contributed by atoms with van der Waals surface area (Å²) in [6.07, 6.45) is 0.527. The molecule has 2 nitrogen and oxygen atoms in total. The van der Waals surface area contributed by atoms with Crippen molar-refractivity contribution in [2.75, 3.05) is 7.05 Å². The SMILES string of the molecule is CNC(CC(C)=O)c1ccccc1Br. The zero-order valence-electron chi connectivity index (χ0n) is 8.38. The summed E-state index contributed by atoms with van der Waals surface area (Å²) in [6.45, 7) is 1.61. The molecule has 0 fully saturated rings. The molecule has 0 bridgehead atoms. The summed E-state index contributed by atoms with van der Waals surface area (Å²) >= 11 is 3.48. The maximum absolute atomic E-state index is 11.0. The molecule has 3 heteroatoms. The van der Waals surface area contributed by atoms with Crippen LogP contribution in [0.3, 0.4) is 0 Å². The molecule has 0 aromatic heterocycles. The van der Waals surface area contributed by atoms with Crippen LogP contribution < -0.4 is 5.32 Å². The molecule has 1 N–H and O–H groups in total. The predicted molar refractivity (Wildman–Crippen MR) is 61.2 cm³/mol. The van der Waals surface area contributed by atoms with Gasteiger partial charge in [0.05, 0.1) is 0 Å². The predicted octanol–water partition coefficient (Wildman–Crippen LogP) is 2.69. The molecule has 0 saturated carbocycles. The Kier molecular flexibility index (Phi) is 4.29. The smallest absolute Gasteiger partial charge is 0.131 e. The third-order valence-electron chi connectivity index (χ3n) is 2.12. The molecule has 0 radical (unpaired) electrons. The third-order valence-corrected chi connectivity index (χ3v) is 2.84. The first kappa shape index (κ1) is 11.4. The van der Waals surface area contributed by atoms with E-state index in [4.69, 9.17) is 0 Å². The van der Waals surface area contributed by atoms with Crippen LogP contribution in [0.2, 0.25) is 0 Å². The quantitative estimate of drug-likeness (QED) is 0.897. The molecule has 0 saturated heterocycles. The van der Waals surface area contributed by atoms with Crippen LogP contribution >= 0.6 is 15.9 Å². The number of hydrogen-bond acceptors (Lipinski definition) is 2. The van der Waals surface area contributed by atoms with Crippen LogP contribution in [-0.4, -0.2) is 12.8 Å². The minimum atomic E-state index is 0.100. The number of carbonyl (C=O) groups is 1. The van der Waals surface area contributed by atoms with Gasteiger partial charge in [-0.1, -0.05) is 34.1 Å². The van der Waals surface area contributed by atoms with Crippen molar-refractivity contribution in [1.82, 2.24) is 5.32 Å². The van der Waals surface area contributed by atoms with Crippen molar-refractivity contribution in [2.24, 2.45) is 0 Å². The molecule has 14 heavy (non-hydrogen) atoms. The van der Waals surface area contributed by atoms with Crippen molar-refractivity contribution >= 4 is 21.7 Å². The van der Waals surface area contributed by atoms with Gasteiger partial charge in [-0.05, 0) is 25.6 Å². The summed E-state index contributed by atoms with van der Waals surface area (Å²) < 4.78 is 1.04. The van der Waals surface area contributed by atoms with Gasteiger partial charge < -0.3 is 5.32 Å². The van der Waals surface area contributed by atoms with Crippen molar-refractivity contribution in [2.45, 2.75) is 19.4 Å². The molecule has 76 valence electrons. The number of benzene rings is 1. The first-order valence-electron chi connectivity index (χ1n) is 4.56. The molecule has 0 heterocycles. The summed E-state index contributed by atoms with van der Waals surface area (Å²) in [4.78, 5) is 11.0. The number of hydrogen-bond donors (Lipinski definition) is 1. The second-order valence-corrected chi connectivity index (χ2v) is 4.12. The zero-order chi connectivity index (χ0) is 10.6. The number of carbonyl (C=O) groups excluding carboxylic acids is 1. The normalized spacial score (nSPS) is 12.5. The van der Waals surface area contributed by atoms with E-state index >= 15 is 0 Å². The fraction of sp³-hybridized carbons (Fsp3) is 0.364. The maximum Gasteiger partial charge on any atom is 0.131 e. The largest absolute Gasteiger partial charge is 0.313 e. The molecule has 0 aliphatic heterocycles. The standard InChI is InChI=1S/C11H14BrNO/c1-8(14)7-11(13-2)9-5-3-4-6-10(9)12/h3-6,11,13H,7H2,1-2H3. The highest BCUT2D eigenvalue weighted by atomic mass is 79.9. The fourth-order valence-electron chi connectivity index (χ4n) is 1.41. The second-order valence-electron chi connectivity index (χ2n) is 3.27. The van der Waals surface area contributed by atoms with Crippen molar-refractivity contribution in [1.29, 1.82) is 0 Å². The van der Waals surface area contributed by atoms with E-state index in [-0.39, 0.29) is 11.8 Å². The van der Waals surface area contributed by atoms with Gasteiger partial charge in [-0.2, -0.15) is 0 Å². The lowest BCUT2D eigenvalue weighted by molar-refractivity contribution is -0.117. The highest BCUT2D eigenvalue weighted by Gasteiger charge is 2.13. The Labute approximate surface area is 92.8 Å². The first-order valence-corrected chi connectivity index (χ1v) is 5.35. The average Bonchev–Trinajstić information content (AvgIpc) is 2.15. The Morgan fingerprint density at radius 1 is 1.50 bits per heavy atom. The number of Topliss-reactive ketones (excluding diaryl/α,β-unsaturated/α-hetero) is 1. The number of rotatable bonds is 4. The maximum atomic E-state index is 11.0. The molecule has 0 spiro atoms. The van der Waals surface area contributed by atoms with Crippen LogP contribution in [0, 0.1) is 0 Å². The minimum absolute atomic E-state index is 0.100. The van der Waals surface area contributed by atoms with E-state index in [2.05, 4.69) is 21.2 Å². The molecule has 1 aromatic rings. The average molecular weight is 256 g/mol. The number of nitrogens with one attached hydrogen (secondary N) is 1. The summed E-state index contributed by atoms with van der Waals surface area (Å²) in [7, 11) is 1.87. The van der Waals surface area contributed by atoms with Gasteiger partial charge in [0.2, 0.25) is 0 Å². The van der Waals surface area contributed by atoms with Gasteiger partial charge in [-0.3, -0.25) is 4.79 Å².